The largest absolute Gasteiger partial charge is 0.497 e. The summed E-state index contributed by atoms with van der Waals surface area (Å²) >= 11 is 7.28. The van der Waals surface area contributed by atoms with Gasteiger partial charge in [0, 0.05) is 23.7 Å². The lowest BCUT2D eigenvalue weighted by Gasteiger charge is -2.31. The molecule has 0 aliphatic carbocycles. The molecule has 1 aliphatic heterocycles. The van der Waals surface area contributed by atoms with Gasteiger partial charge in [0.25, 0.3) is 0 Å². The number of anilines is 1. The number of halogens is 1. The van der Waals surface area contributed by atoms with E-state index in [-0.39, 0.29) is 18.2 Å². The van der Waals surface area contributed by atoms with Crippen molar-refractivity contribution in [3.05, 3.63) is 66.2 Å². The Morgan fingerprint density at radius 2 is 2.14 bits per heavy atom. The number of carbonyl (C=O) groups is 2. The highest BCUT2D eigenvalue weighted by Gasteiger charge is 2.35. The van der Waals surface area contributed by atoms with Gasteiger partial charge in [-0.05, 0) is 42.5 Å². The first-order valence-corrected chi connectivity index (χ1v) is 10.1. The van der Waals surface area contributed by atoms with Gasteiger partial charge >= 0.3 is 0 Å². The molecule has 0 spiro atoms. The summed E-state index contributed by atoms with van der Waals surface area (Å²) in [6.07, 6.45) is 1.71. The Hall–Kier alpha value is -2.77. The lowest BCUT2D eigenvalue weighted by molar-refractivity contribution is -0.129. The molecular weight excluding hydrogens is 410 g/mol. The van der Waals surface area contributed by atoms with E-state index in [0.29, 0.717) is 33.9 Å². The van der Waals surface area contributed by atoms with Crippen LogP contribution < -0.4 is 10.1 Å². The number of ether oxygens (including phenoxy) is 1. The van der Waals surface area contributed by atoms with Crippen LogP contribution in [0.3, 0.4) is 0 Å². The third kappa shape index (κ3) is 5.40. The Balaban J connectivity index is 1.80. The normalized spacial score (nSPS) is 17.9. The third-order valence-electron chi connectivity index (χ3n) is 4.13. The maximum Gasteiger partial charge on any atom is 0.238 e. The van der Waals surface area contributed by atoms with E-state index < -0.39 is 5.25 Å². The second kappa shape index (κ2) is 9.62. The third-order valence-corrected chi connectivity index (χ3v) is 5.56. The van der Waals surface area contributed by atoms with Gasteiger partial charge in [0.2, 0.25) is 11.8 Å². The first-order valence-electron chi connectivity index (χ1n) is 8.87. The summed E-state index contributed by atoms with van der Waals surface area (Å²) in [5.74, 6) is 0.256. The van der Waals surface area contributed by atoms with Gasteiger partial charge in [-0.2, -0.15) is 0 Å². The van der Waals surface area contributed by atoms with Crippen LogP contribution in [-0.4, -0.2) is 40.8 Å². The quantitative estimate of drug-likeness (QED) is 0.686. The van der Waals surface area contributed by atoms with Gasteiger partial charge in [-0.15, -0.1) is 6.58 Å². The van der Waals surface area contributed by atoms with Crippen molar-refractivity contribution in [1.29, 1.82) is 0 Å². The highest BCUT2D eigenvalue weighted by molar-refractivity contribution is 8.15. The minimum Gasteiger partial charge on any atom is -0.497 e. The standard InChI is InChI=1S/C21H20ClN3O3S/c1-3-11-25-19(26)13-18(20(27)23-15-7-9-17(28-2)10-8-15)29-21(25)24-16-6-4-5-14(22)12-16/h3-10,12,18H,1,11,13H2,2H3,(H,23,27). The van der Waals surface area contributed by atoms with Gasteiger partial charge < -0.3 is 10.1 Å². The van der Waals surface area contributed by atoms with Crippen molar-refractivity contribution < 1.29 is 14.3 Å². The molecule has 3 rings (SSSR count). The van der Waals surface area contributed by atoms with Crippen molar-refractivity contribution in [2.45, 2.75) is 11.7 Å². The van der Waals surface area contributed by atoms with Crippen molar-refractivity contribution in [3.8, 4) is 5.75 Å². The van der Waals surface area contributed by atoms with Crippen molar-refractivity contribution in [2.24, 2.45) is 4.99 Å². The molecule has 2 amide bonds. The number of amides is 2. The summed E-state index contributed by atoms with van der Waals surface area (Å²) in [6, 6.07) is 14.0. The van der Waals surface area contributed by atoms with Crippen LogP contribution in [0.25, 0.3) is 0 Å². The summed E-state index contributed by atoms with van der Waals surface area (Å²) < 4.78 is 5.12. The molecule has 1 heterocycles. The minimum absolute atomic E-state index is 0.0784. The number of hydrogen-bond acceptors (Lipinski definition) is 5. The average molecular weight is 430 g/mol. The number of rotatable bonds is 6. The molecule has 0 saturated carbocycles. The molecule has 29 heavy (non-hydrogen) atoms. The van der Waals surface area contributed by atoms with E-state index in [1.165, 1.54) is 16.7 Å². The molecule has 8 heteroatoms. The molecule has 150 valence electrons. The summed E-state index contributed by atoms with van der Waals surface area (Å²) in [5.41, 5.74) is 1.24. The van der Waals surface area contributed by atoms with Crippen LogP contribution in [0, 0.1) is 0 Å². The number of thioether (sulfide) groups is 1. The number of hydrogen-bond donors (Lipinski definition) is 1. The van der Waals surface area contributed by atoms with Gasteiger partial charge in [-0.3, -0.25) is 14.5 Å². The van der Waals surface area contributed by atoms with Crippen LogP contribution in [0.5, 0.6) is 5.75 Å². The fraction of sp³-hybridized carbons (Fsp3) is 0.190. The van der Waals surface area contributed by atoms with E-state index in [1.807, 2.05) is 0 Å². The highest BCUT2D eigenvalue weighted by Crippen LogP contribution is 2.30. The molecule has 1 N–H and O–H groups in total. The predicted molar refractivity (Wildman–Crippen MR) is 118 cm³/mol. The Kier molecular flexibility index (Phi) is 6.95. The second-order valence-corrected chi connectivity index (χ2v) is 7.80. The number of amidine groups is 1. The summed E-state index contributed by atoms with van der Waals surface area (Å²) in [5, 5.41) is 3.24. The zero-order valence-electron chi connectivity index (χ0n) is 15.8. The molecular formula is C21H20ClN3O3S. The first-order chi connectivity index (χ1) is 14.0. The maximum atomic E-state index is 12.8. The van der Waals surface area contributed by atoms with Crippen molar-refractivity contribution in [1.82, 2.24) is 4.90 Å². The van der Waals surface area contributed by atoms with Gasteiger partial charge in [-0.1, -0.05) is 35.5 Å². The van der Waals surface area contributed by atoms with Gasteiger partial charge in [0.1, 0.15) is 11.0 Å². The summed E-state index contributed by atoms with van der Waals surface area (Å²) in [4.78, 5) is 31.5. The lowest BCUT2D eigenvalue weighted by Crippen LogP contribution is -2.45. The van der Waals surface area contributed by atoms with E-state index >= 15 is 0 Å². The van der Waals surface area contributed by atoms with Crippen LogP contribution in [0.2, 0.25) is 5.02 Å². The van der Waals surface area contributed by atoms with E-state index in [0.717, 1.165) is 0 Å². The number of benzene rings is 2. The van der Waals surface area contributed by atoms with E-state index in [9.17, 15) is 9.59 Å². The number of carbonyl (C=O) groups excluding carboxylic acids is 2. The molecule has 2 aromatic carbocycles. The van der Waals surface area contributed by atoms with E-state index in [4.69, 9.17) is 16.3 Å². The molecule has 0 aromatic heterocycles. The maximum absolute atomic E-state index is 12.8. The summed E-state index contributed by atoms with van der Waals surface area (Å²) in [6.45, 7) is 4.02. The molecule has 0 radical (unpaired) electrons. The Bertz CT molecular complexity index is 946. The van der Waals surface area contributed by atoms with Crippen molar-refractivity contribution >= 4 is 51.7 Å². The van der Waals surface area contributed by atoms with Crippen LogP contribution in [0.4, 0.5) is 11.4 Å². The number of nitrogens with one attached hydrogen (secondary N) is 1. The van der Waals surface area contributed by atoms with Crippen LogP contribution in [-0.2, 0) is 9.59 Å². The molecule has 0 bridgehead atoms. The van der Waals surface area contributed by atoms with E-state index in [1.54, 1.807) is 61.7 Å². The second-order valence-electron chi connectivity index (χ2n) is 6.20. The van der Waals surface area contributed by atoms with Crippen molar-refractivity contribution in [2.75, 3.05) is 19.0 Å². The van der Waals surface area contributed by atoms with Gasteiger partial charge in [0.05, 0.1) is 12.8 Å². The Labute approximate surface area is 178 Å². The number of nitrogens with zero attached hydrogens (tertiary/aromatic N) is 2. The van der Waals surface area contributed by atoms with Crippen LogP contribution in [0.1, 0.15) is 6.42 Å². The topological polar surface area (TPSA) is 71.0 Å². The SMILES string of the molecule is C=CCN1C(=O)CC(C(=O)Nc2ccc(OC)cc2)SC1=Nc1cccc(Cl)c1. The zero-order valence-corrected chi connectivity index (χ0v) is 17.4. The predicted octanol–water partition coefficient (Wildman–Crippen LogP) is 4.49. The lowest BCUT2D eigenvalue weighted by atomic mass is 10.2. The highest BCUT2D eigenvalue weighted by atomic mass is 35.5. The smallest absolute Gasteiger partial charge is 0.238 e. The number of methoxy groups -OCH3 is 1. The Morgan fingerprint density at radius 1 is 1.38 bits per heavy atom. The van der Waals surface area contributed by atoms with Gasteiger partial charge in [-0.25, -0.2) is 4.99 Å². The van der Waals surface area contributed by atoms with E-state index in [2.05, 4.69) is 16.9 Å². The van der Waals surface area contributed by atoms with Crippen LogP contribution >= 0.6 is 23.4 Å². The fourth-order valence-electron chi connectivity index (χ4n) is 2.70. The molecule has 2 aromatic rings. The molecule has 6 nitrogen and oxygen atoms in total. The van der Waals surface area contributed by atoms with Crippen molar-refractivity contribution in [3.63, 3.8) is 0 Å². The molecule has 1 fully saturated rings. The average Bonchev–Trinajstić information content (AvgIpc) is 2.71. The minimum atomic E-state index is -0.594. The summed E-state index contributed by atoms with van der Waals surface area (Å²) in [7, 11) is 1.58. The molecule has 1 atom stereocenters. The molecule has 1 unspecified atom stereocenters. The molecule has 1 saturated heterocycles. The first kappa shape index (κ1) is 21.0. The van der Waals surface area contributed by atoms with Gasteiger partial charge in [0.15, 0.2) is 5.17 Å². The zero-order chi connectivity index (χ0) is 20.8. The van der Waals surface area contributed by atoms with Crippen LogP contribution in [0.15, 0.2) is 66.2 Å². The monoisotopic (exact) mass is 429 g/mol. The number of aliphatic imine (C=N–C) groups is 1. The Morgan fingerprint density at radius 3 is 2.79 bits per heavy atom. The fourth-order valence-corrected chi connectivity index (χ4v) is 4.00. The molecule has 1 aliphatic rings.